The summed E-state index contributed by atoms with van der Waals surface area (Å²) < 4.78 is 5.26. The van der Waals surface area contributed by atoms with Crippen LogP contribution in [-0.2, 0) is 6.42 Å². The molecule has 5 nitrogen and oxygen atoms in total. The number of rotatable bonds is 5. The first-order chi connectivity index (χ1) is 13.7. The maximum atomic E-state index is 13.2. The minimum Gasteiger partial charge on any atom is -0.504 e. The van der Waals surface area contributed by atoms with E-state index in [1.54, 1.807) is 12.1 Å². The molecule has 1 atom stereocenters. The van der Waals surface area contributed by atoms with E-state index < -0.39 is 0 Å². The van der Waals surface area contributed by atoms with Crippen molar-refractivity contribution >= 4 is 11.6 Å². The number of phenols is 1. The summed E-state index contributed by atoms with van der Waals surface area (Å²) in [6.07, 6.45) is 0.405. The van der Waals surface area contributed by atoms with Crippen LogP contribution in [0.5, 0.6) is 11.5 Å². The molecule has 28 heavy (non-hydrogen) atoms. The van der Waals surface area contributed by atoms with Gasteiger partial charge >= 0.3 is 0 Å². The second-order valence-corrected chi connectivity index (χ2v) is 6.76. The standard InChI is InChI=1S/C23H22N2O3/c1-28-21-15-17(11-12-20(21)26)22-24-19-10-6-5-9-18(19)23(27)25(22)14-13-16-7-3-2-4-8-16/h2-12,15,22,24,26H,13-14H2,1H3/t22-/m1/s1. The van der Waals surface area contributed by atoms with Crippen LogP contribution in [0.4, 0.5) is 5.69 Å². The molecule has 0 saturated heterocycles. The molecule has 1 heterocycles. The van der Waals surface area contributed by atoms with Gasteiger partial charge in [0, 0.05) is 12.2 Å². The lowest BCUT2D eigenvalue weighted by atomic mass is 10.0. The number of ether oxygens (including phenoxy) is 1. The fourth-order valence-electron chi connectivity index (χ4n) is 3.55. The number of carbonyl (C=O) groups excluding carboxylic acids is 1. The molecule has 142 valence electrons. The Kier molecular flexibility index (Phi) is 4.89. The second-order valence-electron chi connectivity index (χ2n) is 6.76. The van der Waals surface area contributed by atoms with Gasteiger partial charge in [0.2, 0.25) is 0 Å². The number of amides is 1. The number of nitrogens with zero attached hydrogens (tertiary/aromatic N) is 1. The number of methoxy groups -OCH3 is 1. The first kappa shape index (κ1) is 17.9. The minimum atomic E-state index is -0.347. The fourth-order valence-corrected chi connectivity index (χ4v) is 3.55. The monoisotopic (exact) mass is 374 g/mol. The van der Waals surface area contributed by atoms with Gasteiger partial charge in [-0.05, 0) is 41.8 Å². The van der Waals surface area contributed by atoms with E-state index >= 15 is 0 Å². The lowest BCUT2D eigenvalue weighted by Crippen LogP contribution is -2.44. The van der Waals surface area contributed by atoms with E-state index in [0.29, 0.717) is 17.9 Å². The Morgan fingerprint density at radius 2 is 1.79 bits per heavy atom. The highest BCUT2D eigenvalue weighted by Gasteiger charge is 2.32. The Labute approximate surface area is 164 Å². The third-order valence-electron chi connectivity index (χ3n) is 5.03. The molecule has 0 saturated carbocycles. The van der Waals surface area contributed by atoms with Crippen LogP contribution in [0.2, 0.25) is 0 Å². The number of carbonyl (C=O) groups is 1. The number of nitrogens with one attached hydrogen (secondary N) is 1. The summed E-state index contributed by atoms with van der Waals surface area (Å²) in [5.74, 6) is 0.445. The van der Waals surface area contributed by atoms with Crippen molar-refractivity contribution in [2.45, 2.75) is 12.6 Å². The predicted molar refractivity (Wildman–Crippen MR) is 109 cm³/mol. The van der Waals surface area contributed by atoms with Crippen molar-refractivity contribution in [3.05, 3.63) is 89.5 Å². The van der Waals surface area contributed by atoms with Gasteiger partial charge in [-0.1, -0.05) is 48.5 Å². The number of para-hydroxylation sites is 1. The maximum absolute atomic E-state index is 13.2. The molecule has 3 aromatic carbocycles. The molecule has 1 amide bonds. The molecule has 0 fully saturated rings. The molecular formula is C23H22N2O3. The fraction of sp³-hybridized carbons (Fsp3) is 0.174. The van der Waals surface area contributed by atoms with Crippen molar-refractivity contribution in [1.29, 1.82) is 0 Å². The van der Waals surface area contributed by atoms with Gasteiger partial charge in [-0.15, -0.1) is 0 Å². The largest absolute Gasteiger partial charge is 0.504 e. The van der Waals surface area contributed by atoms with Crippen molar-refractivity contribution in [2.75, 3.05) is 19.0 Å². The summed E-state index contributed by atoms with van der Waals surface area (Å²) in [7, 11) is 1.51. The van der Waals surface area contributed by atoms with E-state index in [9.17, 15) is 9.90 Å². The summed E-state index contributed by atoms with van der Waals surface area (Å²) >= 11 is 0. The Balaban J connectivity index is 1.69. The van der Waals surface area contributed by atoms with E-state index in [2.05, 4.69) is 17.4 Å². The quantitative estimate of drug-likeness (QED) is 0.702. The van der Waals surface area contributed by atoms with Crippen molar-refractivity contribution in [2.24, 2.45) is 0 Å². The molecule has 5 heteroatoms. The van der Waals surface area contributed by atoms with Crippen molar-refractivity contribution in [3.8, 4) is 11.5 Å². The molecule has 0 aromatic heterocycles. The Morgan fingerprint density at radius 1 is 1.04 bits per heavy atom. The van der Waals surface area contributed by atoms with Crippen molar-refractivity contribution < 1.29 is 14.6 Å². The van der Waals surface area contributed by atoms with E-state index in [0.717, 1.165) is 17.7 Å². The number of hydrogen-bond acceptors (Lipinski definition) is 4. The maximum Gasteiger partial charge on any atom is 0.257 e. The van der Waals surface area contributed by atoms with Crippen LogP contribution in [0.25, 0.3) is 0 Å². The van der Waals surface area contributed by atoms with E-state index in [4.69, 9.17) is 4.74 Å². The summed E-state index contributed by atoms with van der Waals surface area (Å²) in [4.78, 5) is 15.1. The highest BCUT2D eigenvalue weighted by atomic mass is 16.5. The highest BCUT2D eigenvalue weighted by molar-refractivity contribution is 6.01. The van der Waals surface area contributed by atoms with Crippen LogP contribution in [-0.4, -0.2) is 29.6 Å². The topological polar surface area (TPSA) is 61.8 Å². The number of hydrogen-bond donors (Lipinski definition) is 2. The molecule has 3 aromatic rings. The molecule has 0 aliphatic carbocycles. The van der Waals surface area contributed by atoms with Gasteiger partial charge in [-0.2, -0.15) is 0 Å². The van der Waals surface area contributed by atoms with Crippen LogP contribution in [0.3, 0.4) is 0 Å². The highest BCUT2D eigenvalue weighted by Crippen LogP contribution is 2.36. The lowest BCUT2D eigenvalue weighted by Gasteiger charge is -2.38. The van der Waals surface area contributed by atoms with Crippen LogP contribution >= 0.6 is 0 Å². The molecule has 4 rings (SSSR count). The first-order valence-electron chi connectivity index (χ1n) is 9.25. The van der Waals surface area contributed by atoms with Gasteiger partial charge in [0.15, 0.2) is 11.5 Å². The zero-order chi connectivity index (χ0) is 19.5. The second kappa shape index (κ2) is 7.64. The number of phenolic OH excluding ortho intramolecular Hbond substituents is 1. The number of aromatic hydroxyl groups is 1. The number of benzene rings is 3. The molecule has 0 unspecified atom stereocenters. The molecule has 1 aliphatic heterocycles. The van der Waals surface area contributed by atoms with Crippen LogP contribution in [0.15, 0.2) is 72.8 Å². The molecular weight excluding hydrogens is 352 g/mol. The Hall–Kier alpha value is -3.47. The van der Waals surface area contributed by atoms with Gasteiger partial charge in [-0.25, -0.2) is 0 Å². The van der Waals surface area contributed by atoms with E-state index in [1.807, 2.05) is 53.4 Å². The molecule has 0 spiro atoms. The van der Waals surface area contributed by atoms with Crippen molar-refractivity contribution in [3.63, 3.8) is 0 Å². The first-order valence-corrected chi connectivity index (χ1v) is 9.25. The normalized spacial score (nSPS) is 15.7. The average molecular weight is 374 g/mol. The smallest absolute Gasteiger partial charge is 0.257 e. The summed E-state index contributed by atoms with van der Waals surface area (Å²) in [5, 5.41) is 13.4. The number of fused-ring (bicyclic) bond motifs is 1. The molecule has 1 aliphatic rings. The van der Waals surface area contributed by atoms with Crippen LogP contribution in [0.1, 0.15) is 27.7 Å². The predicted octanol–water partition coefficient (Wildman–Crippen LogP) is 4.21. The molecule has 0 bridgehead atoms. The Bertz CT molecular complexity index is 988. The SMILES string of the molecule is COc1cc([C@@H]2Nc3ccccc3C(=O)N2CCc2ccccc2)ccc1O. The van der Waals surface area contributed by atoms with Crippen LogP contribution in [0, 0.1) is 0 Å². The summed E-state index contributed by atoms with van der Waals surface area (Å²) in [5.41, 5.74) is 3.50. The molecule has 0 radical (unpaired) electrons. The lowest BCUT2D eigenvalue weighted by molar-refractivity contribution is 0.0685. The zero-order valence-corrected chi connectivity index (χ0v) is 15.6. The van der Waals surface area contributed by atoms with Gasteiger partial charge < -0.3 is 20.1 Å². The summed E-state index contributed by atoms with van der Waals surface area (Å²) in [6, 6.07) is 22.8. The summed E-state index contributed by atoms with van der Waals surface area (Å²) in [6.45, 7) is 0.567. The molecule has 2 N–H and O–H groups in total. The number of anilines is 1. The van der Waals surface area contributed by atoms with Gasteiger partial charge in [0.25, 0.3) is 5.91 Å². The Morgan fingerprint density at radius 3 is 2.57 bits per heavy atom. The van der Waals surface area contributed by atoms with Gasteiger partial charge in [0.1, 0.15) is 6.17 Å². The third-order valence-corrected chi connectivity index (χ3v) is 5.03. The zero-order valence-electron chi connectivity index (χ0n) is 15.6. The van der Waals surface area contributed by atoms with E-state index in [1.165, 1.54) is 12.7 Å². The minimum absolute atomic E-state index is 0.0117. The average Bonchev–Trinajstić information content (AvgIpc) is 2.74. The van der Waals surface area contributed by atoms with Crippen molar-refractivity contribution in [1.82, 2.24) is 4.90 Å². The third kappa shape index (κ3) is 3.39. The van der Waals surface area contributed by atoms with Gasteiger partial charge in [-0.3, -0.25) is 4.79 Å². The van der Waals surface area contributed by atoms with E-state index in [-0.39, 0.29) is 17.8 Å². The van der Waals surface area contributed by atoms with Gasteiger partial charge in [0.05, 0.1) is 12.7 Å². The van der Waals surface area contributed by atoms with Crippen LogP contribution < -0.4 is 10.1 Å².